The van der Waals surface area contributed by atoms with Gasteiger partial charge in [0.2, 0.25) is 0 Å². The third-order valence-corrected chi connectivity index (χ3v) is 5.35. The number of piperidine rings is 1. The molecule has 0 bridgehead atoms. The van der Waals surface area contributed by atoms with Crippen LogP contribution in [0.1, 0.15) is 46.0 Å². The van der Waals surface area contributed by atoms with Crippen LogP contribution in [0.25, 0.3) is 0 Å². The van der Waals surface area contributed by atoms with Gasteiger partial charge in [-0.2, -0.15) is 0 Å². The van der Waals surface area contributed by atoms with Gasteiger partial charge in [-0.05, 0) is 58.7 Å². The molecule has 0 amide bonds. The molecule has 0 aromatic carbocycles. The van der Waals surface area contributed by atoms with Crippen molar-refractivity contribution in [3.05, 3.63) is 0 Å². The monoisotopic (exact) mass is 283 g/mol. The molecule has 4 heteroatoms. The summed E-state index contributed by atoms with van der Waals surface area (Å²) < 4.78 is 5.78. The molecule has 2 N–H and O–H groups in total. The van der Waals surface area contributed by atoms with Crippen molar-refractivity contribution in [2.75, 3.05) is 45.9 Å². The maximum atomic E-state index is 6.23. The van der Waals surface area contributed by atoms with E-state index in [1.54, 1.807) is 0 Å². The van der Waals surface area contributed by atoms with Crippen molar-refractivity contribution in [1.29, 1.82) is 0 Å². The highest BCUT2D eigenvalue weighted by Gasteiger charge is 2.38. The van der Waals surface area contributed by atoms with Gasteiger partial charge >= 0.3 is 0 Å². The molecule has 0 radical (unpaired) electrons. The lowest BCUT2D eigenvalue weighted by molar-refractivity contribution is -0.0222. The lowest BCUT2D eigenvalue weighted by Gasteiger charge is -2.46. The molecule has 2 heterocycles. The summed E-state index contributed by atoms with van der Waals surface area (Å²) in [5.74, 6) is 0. The molecular weight excluding hydrogens is 250 g/mol. The van der Waals surface area contributed by atoms with E-state index in [0.29, 0.717) is 6.10 Å². The van der Waals surface area contributed by atoms with Gasteiger partial charge in [0, 0.05) is 31.8 Å². The Balaban J connectivity index is 1.94. The Bertz CT molecular complexity index is 279. The minimum absolute atomic E-state index is 0.251. The normalized spacial score (nSPS) is 31.4. The Morgan fingerprint density at radius 3 is 2.45 bits per heavy atom. The molecule has 0 aliphatic carbocycles. The maximum Gasteiger partial charge on any atom is 0.0599 e. The molecule has 2 aliphatic rings. The standard InChI is InChI=1S/C16H33N3O/c1-3-18-10-5-8-16(14-17,9-13-18)19-11-6-15(7-12-19)20-4-2/h15H,3-14,17H2,1-2H3. The summed E-state index contributed by atoms with van der Waals surface area (Å²) in [6, 6.07) is 0. The lowest BCUT2D eigenvalue weighted by atomic mass is 9.86. The highest BCUT2D eigenvalue weighted by atomic mass is 16.5. The van der Waals surface area contributed by atoms with Gasteiger partial charge in [0.05, 0.1) is 6.10 Å². The molecule has 118 valence electrons. The van der Waals surface area contributed by atoms with Crippen LogP contribution in [0.3, 0.4) is 0 Å². The number of nitrogens with two attached hydrogens (primary N) is 1. The summed E-state index contributed by atoms with van der Waals surface area (Å²) in [6.45, 7) is 12.0. The third kappa shape index (κ3) is 3.73. The zero-order chi connectivity index (χ0) is 14.4. The van der Waals surface area contributed by atoms with Crippen LogP contribution in [-0.4, -0.2) is 67.3 Å². The van der Waals surface area contributed by atoms with Crippen LogP contribution >= 0.6 is 0 Å². The van der Waals surface area contributed by atoms with E-state index in [2.05, 4.69) is 23.6 Å². The quantitative estimate of drug-likeness (QED) is 0.834. The number of rotatable bonds is 5. The zero-order valence-electron chi connectivity index (χ0n) is 13.4. The molecule has 1 atom stereocenters. The average molecular weight is 283 g/mol. The van der Waals surface area contributed by atoms with Gasteiger partial charge in [-0.1, -0.05) is 6.92 Å². The average Bonchev–Trinajstić information content (AvgIpc) is 2.71. The summed E-state index contributed by atoms with van der Waals surface area (Å²) in [6.07, 6.45) is 6.61. The first-order valence-corrected chi connectivity index (χ1v) is 8.53. The highest BCUT2D eigenvalue weighted by molar-refractivity contribution is 4.96. The van der Waals surface area contributed by atoms with Crippen LogP contribution in [0.5, 0.6) is 0 Å². The highest BCUT2D eigenvalue weighted by Crippen LogP contribution is 2.31. The fraction of sp³-hybridized carbons (Fsp3) is 1.00. The minimum Gasteiger partial charge on any atom is -0.378 e. The maximum absolute atomic E-state index is 6.23. The van der Waals surface area contributed by atoms with Gasteiger partial charge in [0.1, 0.15) is 0 Å². The number of nitrogens with zero attached hydrogens (tertiary/aromatic N) is 2. The van der Waals surface area contributed by atoms with Crippen LogP contribution in [0.15, 0.2) is 0 Å². The van der Waals surface area contributed by atoms with Gasteiger partial charge in [0.25, 0.3) is 0 Å². The fourth-order valence-electron chi connectivity index (χ4n) is 3.93. The summed E-state index contributed by atoms with van der Waals surface area (Å²) in [5, 5.41) is 0. The molecule has 2 aliphatic heterocycles. The van der Waals surface area contributed by atoms with Gasteiger partial charge in [-0.3, -0.25) is 4.90 Å². The predicted octanol–water partition coefficient (Wildman–Crippen LogP) is 1.69. The van der Waals surface area contributed by atoms with E-state index in [0.717, 1.165) is 26.2 Å². The Morgan fingerprint density at radius 1 is 1.10 bits per heavy atom. The van der Waals surface area contributed by atoms with E-state index < -0.39 is 0 Å². The first-order chi connectivity index (χ1) is 9.74. The first kappa shape index (κ1) is 16.2. The molecule has 20 heavy (non-hydrogen) atoms. The van der Waals surface area contributed by atoms with Crippen LogP contribution < -0.4 is 5.73 Å². The van der Waals surface area contributed by atoms with Crippen molar-refractivity contribution in [3.8, 4) is 0 Å². The van der Waals surface area contributed by atoms with Crippen LogP contribution in [-0.2, 0) is 4.74 Å². The summed E-state index contributed by atoms with van der Waals surface area (Å²) in [4.78, 5) is 5.26. The van der Waals surface area contributed by atoms with E-state index >= 15 is 0 Å². The minimum atomic E-state index is 0.251. The van der Waals surface area contributed by atoms with Gasteiger partial charge in [-0.15, -0.1) is 0 Å². The second-order valence-corrected chi connectivity index (χ2v) is 6.36. The SMILES string of the molecule is CCOC1CCN(C2(CN)CCCN(CC)CC2)CC1. The van der Waals surface area contributed by atoms with Crippen molar-refractivity contribution in [3.63, 3.8) is 0 Å². The predicted molar refractivity (Wildman–Crippen MR) is 84.0 cm³/mol. The van der Waals surface area contributed by atoms with E-state index in [4.69, 9.17) is 10.5 Å². The lowest BCUT2D eigenvalue weighted by Crippen LogP contribution is -2.57. The second kappa shape index (κ2) is 7.74. The van der Waals surface area contributed by atoms with Crippen molar-refractivity contribution in [2.45, 2.75) is 57.6 Å². The van der Waals surface area contributed by atoms with Crippen LogP contribution in [0.4, 0.5) is 0 Å². The molecule has 0 aromatic heterocycles. The van der Waals surface area contributed by atoms with Crippen molar-refractivity contribution >= 4 is 0 Å². The zero-order valence-corrected chi connectivity index (χ0v) is 13.4. The Labute approximate surface area is 124 Å². The number of likely N-dealkylation sites (tertiary alicyclic amines) is 2. The van der Waals surface area contributed by atoms with E-state index in [-0.39, 0.29) is 5.54 Å². The largest absolute Gasteiger partial charge is 0.378 e. The van der Waals surface area contributed by atoms with Crippen molar-refractivity contribution in [2.24, 2.45) is 5.73 Å². The first-order valence-electron chi connectivity index (χ1n) is 8.53. The van der Waals surface area contributed by atoms with Crippen molar-refractivity contribution < 1.29 is 4.74 Å². The molecule has 2 fully saturated rings. The molecular formula is C16H33N3O. The van der Waals surface area contributed by atoms with Gasteiger partial charge in [0.15, 0.2) is 0 Å². The smallest absolute Gasteiger partial charge is 0.0599 e. The molecule has 0 saturated carbocycles. The molecule has 4 nitrogen and oxygen atoms in total. The van der Waals surface area contributed by atoms with Crippen molar-refractivity contribution in [1.82, 2.24) is 9.80 Å². The second-order valence-electron chi connectivity index (χ2n) is 6.36. The summed E-state index contributed by atoms with van der Waals surface area (Å²) in [7, 11) is 0. The van der Waals surface area contributed by atoms with E-state index in [1.165, 1.54) is 51.7 Å². The molecule has 2 rings (SSSR count). The number of hydrogen-bond acceptors (Lipinski definition) is 4. The van der Waals surface area contributed by atoms with E-state index in [1.807, 2.05) is 0 Å². The van der Waals surface area contributed by atoms with Gasteiger partial charge in [-0.25, -0.2) is 0 Å². The Morgan fingerprint density at radius 2 is 1.85 bits per heavy atom. The summed E-state index contributed by atoms with van der Waals surface area (Å²) in [5.41, 5.74) is 6.48. The third-order valence-electron chi connectivity index (χ3n) is 5.35. The van der Waals surface area contributed by atoms with Crippen LogP contribution in [0.2, 0.25) is 0 Å². The van der Waals surface area contributed by atoms with Crippen LogP contribution in [0, 0.1) is 0 Å². The number of ether oxygens (including phenoxy) is 1. The Hall–Kier alpha value is -0.160. The molecule has 1 unspecified atom stereocenters. The molecule has 2 saturated heterocycles. The van der Waals surface area contributed by atoms with E-state index in [9.17, 15) is 0 Å². The fourth-order valence-corrected chi connectivity index (χ4v) is 3.93. The Kier molecular flexibility index (Phi) is 6.27. The molecule has 0 spiro atoms. The molecule has 0 aromatic rings. The van der Waals surface area contributed by atoms with Gasteiger partial charge < -0.3 is 15.4 Å². The number of hydrogen-bond donors (Lipinski definition) is 1. The summed E-state index contributed by atoms with van der Waals surface area (Å²) >= 11 is 0. The topological polar surface area (TPSA) is 41.7 Å².